The van der Waals surface area contributed by atoms with Gasteiger partial charge in [0.2, 0.25) is 0 Å². The van der Waals surface area contributed by atoms with Crippen LogP contribution < -0.4 is 0 Å². The Morgan fingerprint density at radius 2 is 2.06 bits per heavy atom. The average molecular weight is 244 g/mol. The first-order chi connectivity index (χ1) is 7.39. The smallest absolute Gasteiger partial charge is 0.282 e. The van der Waals surface area contributed by atoms with E-state index in [2.05, 4.69) is 0 Å². The molecule has 0 saturated heterocycles. The van der Waals surface area contributed by atoms with E-state index in [0.29, 0.717) is 18.4 Å². The van der Waals surface area contributed by atoms with Gasteiger partial charge in [-0.15, -0.1) is 0 Å². The SMILES string of the molecule is Cc1ccc(S(=O)(=O)O)c(C2(CF)CC2)c1. The Labute approximate surface area is 94.0 Å². The van der Waals surface area contributed by atoms with Crippen LogP contribution in [-0.2, 0) is 15.5 Å². The van der Waals surface area contributed by atoms with Gasteiger partial charge in [0, 0.05) is 5.41 Å². The molecule has 0 bridgehead atoms. The highest BCUT2D eigenvalue weighted by Crippen LogP contribution is 2.50. The normalized spacial score (nSPS) is 18.4. The summed E-state index contributed by atoms with van der Waals surface area (Å²) in [6.07, 6.45) is 1.27. The molecular formula is C11H13FO3S. The van der Waals surface area contributed by atoms with Crippen molar-refractivity contribution in [2.45, 2.75) is 30.1 Å². The zero-order valence-corrected chi connectivity index (χ0v) is 9.72. The van der Waals surface area contributed by atoms with Crippen molar-refractivity contribution >= 4 is 10.1 Å². The molecule has 3 nitrogen and oxygen atoms in total. The van der Waals surface area contributed by atoms with Gasteiger partial charge in [0.1, 0.15) is 0 Å². The van der Waals surface area contributed by atoms with Crippen LogP contribution in [0.5, 0.6) is 0 Å². The minimum absolute atomic E-state index is 0.159. The molecule has 0 spiro atoms. The summed E-state index contributed by atoms with van der Waals surface area (Å²) in [4.78, 5) is -0.159. The van der Waals surface area contributed by atoms with Gasteiger partial charge in [-0.05, 0) is 31.4 Å². The van der Waals surface area contributed by atoms with Crippen LogP contribution in [0.2, 0.25) is 0 Å². The monoisotopic (exact) mass is 244 g/mol. The summed E-state index contributed by atoms with van der Waals surface area (Å²) < 4.78 is 44.4. The van der Waals surface area contributed by atoms with Crippen molar-refractivity contribution in [3.8, 4) is 0 Å². The number of hydrogen-bond acceptors (Lipinski definition) is 2. The predicted molar refractivity (Wildman–Crippen MR) is 57.9 cm³/mol. The summed E-state index contributed by atoms with van der Waals surface area (Å²) in [5.41, 5.74) is 0.594. The maximum atomic E-state index is 12.9. The van der Waals surface area contributed by atoms with Gasteiger partial charge in [0.05, 0.1) is 11.6 Å². The molecule has 1 aromatic rings. The third-order valence-corrected chi connectivity index (χ3v) is 4.01. The van der Waals surface area contributed by atoms with Crippen molar-refractivity contribution in [1.82, 2.24) is 0 Å². The first-order valence-electron chi connectivity index (χ1n) is 5.04. The van der Waals surface area contributed by atoms with Crippen molar-refractivity contribution in [2.24, 2.45) is 0 Å². The lowest BCUT2D eigenvalue weighted by Crippen LogP contribution is -2.15. The molecule has 1 N–H and O–H groups in total. The standard InChI is InChI=1S/C11H13FO3S/c1-8-2-3-10(16(13,14)15)9(6-8)11(7-12)4-5-11/h2-3,6H,4-5,7H2,1H3,(H,13,14,15). The zero-order chi connectivity index (χ0) is 12.0. The lowest BCUT2D eigenvalue weighted by atomic mass is 9.96. The van der Waals surface area contributed by atoms with Crippen LogP contribution in [0.25, 0.3) is 0 Å². The number of alkyl halides is 1. The lowest BCUT2D eigenvalue weighted by Gasteiger charge is -2.15. The molecule has 0 radical (unpaired) electrons. The van der Waals surface area contributed by atoms with E-state index in [0.717, 1.165) is 5.56 Å². The lowest BCUT2D eigenvalue weighted by molar-refractivity contribution is 0.411. The summed E-state index contributed by atoms with van der Waals surface area (Å²) >= 11 is 0. The Morgan fingerprint density at radius 3 is 2.50 bits per heavy atom. The van der Waals surface area contributed by atoms with Crippen LogP contribution in [0.15, 0.2) is 23.1 Å². The highest BCUT2D eigenvalue weighted by molar-refractivity contribution is 7.85. The molecule has 0 atom stereocenters. The quantitative estimate of drug-likeness (QED) is 0.830. The maximum Gasteiger partial charge on any atom is 0.294 e. The highest BCUT2D eigenvalue weighted by atomic mass is 32.2. The summed E-state index contributed by atoms with van der Waals surface area (Å²) in [5, 5.41) is 0. The van der Waals surface area contributed by atoms with E-state index in [1.807, 2.05) is 6.92 Å². The van der Waals surface area contributed by atoms with Gasteiger partial charge >= 0.3 is 0 Å². The van der Waals surface area contributed by atoms with Crippen LogP contribution in [-0.4, -0.2) is 19.6 Å². The van der Waals surface area contributed by atoms with Gasteiger partial charge in [-0.3, -0.25) is 8.94 Å². The second-order valence-corrected chi connectivity index (χ2v) is 5.78. The van der Waals surface area contributed by atoms with E-state index in [4.69, 9.17) is 4.55 Å². The van der Waals surface area contributed by atoms with Crippen molar-refractivity contribution < 1.29 is 17.4 Å². The summed E-state index contributed by atoms with van der Waals surface area (Å²) in [6.45, 7) is 1.23. The Balaban J connectivity index is 2.63. The Kier molecular flexibility index (Phi) is 2.55. The third-order valence-electron chi connectivity index (χ3n) is 3.09. The van der Waals surface area contributed by atoms with Gasteiger partial charge in [0.25, 0.3) is 10.1 Å². The summed E-state index contributed by atoms with van der Waals surface area (Å²) in [5.74, 6) is 0. The molecular weight excluding hydrogens is 231 g/mol. The van der Waals surface area contributed by atoms with Crippen LogP contribution in [0.3, 0.4) is 0 Å². The minimum Gasteiger partial charge on any atom is -0.282 e. The van der Waals surface area contributed by atoms with Crippen molar-refractivity contribution in [1.29, 1.82) is 0 Å². The van der Waals surface area contributed by atoms with Crippen LogP contribution >= 0.6 is 0 Å². The molecule has 0 amide bonds. The molecule has 16 heavy (non-hydrogen) atoms. The molecule has 1 saturated carbocycles. The second-order valence-electron chi connectivity index (χ2n) is 4.39. The zero-order valence-electron chi connectivity index (χ0n) is 8.90. The second kappa shape index (κ2) is 3.53. The minimum atomic E-state index is -4.27. The van der Waals surface area contributed by atoms with Crippen molar-refractivity contribution in [3.05, 3.63) is 29.3 Å². The maximum absolute atomic E-state index is 12.9. The predicted octanol–water partition coefficient (Wildman–Crippen LogP) is 2.24. The fraction of sp³-hybridized carbons (Fsp3) is 0.455. The number of halogens is 1. The molecule has 88 valence electrons. The Bertz CT molecular complexity index is 518. The fourth-order valence-electron chi connectivity index (χ4n) is 1.91. The van der Waals surface area contributed by atoms with E-state index in [9.17, 15) is 12.8 Å². The highest BCUT2D eigenvalue weighted by Gasteiger charge is 2.47. The number of hydrogen-bond donors (Lipinski definition) is 1. The molecule has 0 aromatic heterocycles. The van der Waals surface area contributed by atoms with E-state index in [1.54, 1.807) is 12.1 Å². The Morgan fingerprint density at radius 1 is 1.44 bits per heavy atom. The van der Waals surface area contributed by atoms with E-state index >= 15 is 0 Å². The molecule has 1 aliphatic rings. The van der Waals surface area contributed by atoms with Crippen LogP contribution in [0, 0.1) is 6.92 Å². The first-order valence-corrected chi connectivity index (χ1v) is 6.48. The Hall–Kier alpha value is -0.940. The van der Waals surface area contributed by atoms with Crippen molar-refractivity contribution in [2.75, 3.05) is 6.67 Å². The van der Waals surface area contributed by atoms with E-state index < -0.39 is 22.2 Å². The average Bonchev–Trinajstić information content (AvgIpc) is 2.96. The molecule has 5 heteroatoms. The number of aryl methyl sites for hydroxylation is 1. The molecule has 1 fully saturated rings. The third kappa shape index (κ3) is 1.85. The van der Waals surface area contributed by atoms with Crippen LogP contribution in [0.4, 0.5) is 4.39 Å². The van der Waals surface area contributed by atoms with E-state index in [-0.39, 0.29) is 4.90 Å². The van der Waals surface area contributed by atoms with E-state index in [1.165, 1.54) is 6.07 Å². The molecule has 1 aromatic carbocycles. The molecule has 0 unspecified atom stereocenters. The molecule has 1 aliphatic carbocycles. The fourth-order valence-corrected chi connectivity index (χ4v) is 2.70. The van der Waals surface area contributed by atoms with Gasteiger partial charge in [-0.1, -0.05) is 17.7 Å². The molecule has 2 rings (SSSR count). The van der Waals surface area contributed by atoms with Gasteiger partial charge in [-0.2, -0.15) is 8.42 Å². The summed E-state index contributed by atoms with van der Waals surface area (Å²) in [6, 6.07) is 4.59. The number of rotatable bonds is 3. The topological polar surface area (TPSA) is 54.4 Å². The van der Waals surface area contributed by atoms with Crippen molar-refractivity contribution in [3.63, 3.8) is 0 Å². The van der Waals surface area contributed by atoms with Crippen LogP contribution in [0.1, 0.15) is 24.0 Å². The van der Waals surface area contributed by atoms with Gasteiger partial charge < -0.3 is 0 Å². The van der Waals surface area contributed by atoms with Gasteiger partial charge in [-0.25, -0.2) is 0 Å². The molecule has 0 heterocycles. The largest absolute Gasteiger partial charge is 0.294 e. The summed E-state index contributed by atoms with van der Waals surface area (Å²) in [7, 11) is -4.27. The number of benzene rings is 1. The van der Waals surface area contributed by atoms with Gasteiger partial charge in [0.15, 0.2) is 0 Å². The first kappa shape index (κ1) is 11.5. The molecule has 0 aliphatic heterocycles.